The predicted molar refractivity (Wildman–Crippen MR) is 50.8 cm³/mol. The quantitative estimate of drug-likeness (QED) is 0.818. The van der Waals surface area contributed by atoms with Crippen molar-refractivity contribution in [3.63, 3.8) is 0 Å². The average molecular weight is 211 g/mol. The fourth-order valence-corrected chi connectivity index (χ4v) is 2.07. The molecule has 5 nitrogen and oxygen atoms in total. The molecule has 1 N–H and O–H groups in total. The van der Waals surface area contributed by atoms with E-state index in [4.69, 9.17) is 9.26 Å². The van der Waals surface area contributed by atoms with E-state index in [9.17, 15) is 9.90 Å². The van der Waals surface area contributed by atoms with Gasteiger partial charge in [-0.1, -0.05) is 13.8 Å². The fourth-order valence-electron chi connectivity index (χ4n) is 2.07. The van der Waals surface area contributed by atoms with Crippen LogP contribution in [0.1, 0.15) is 26.0 Å². The summed E-state index contributed by atoms with van der Waals surface area (Å²) in [6, 6.07) is 1.54. The van der Waals surface area contributed by atoms with Crippen LogP contribution in [-0.2, 0) is 10.2 Å². The van der Waals surface area contributed by atoms with E-state index in [0.717, 1.165) is 0 Å². The molecule has 82 valence electrons. The van der Waals surface area contributed by atoms with Crippen LogP contribution >= 0.6 is 0 Å². The molecule has 0 aliphatic heterocycles. The molecular formula is C10H13NO4. The molecule has 1 fully saturated rings. The molecule has 0 spiro atoms. The molecule has 2 rings (SSSR count). The number of nitrogens with zero attached hydrogens (tertiary/aromatic N) is 1. The zero-order valence-corrected chi connectivity index (χ0v) is 8.90. The number of carboxylic acids is 1. The minimum Gasteiger partial charge on any atom is -0.480 e. The van der Waals surface area contributed by atoms with Gasteiger partial charge in [-0.3, -0.25) is 4.79 Å². The van der Waals surface area contributed by atoms with Gasteiger partial charge in [0.1, 0.15) is 5.41 Å². The highest BCUT2D eigenvalue weighted by Crippen LogP contribution is 2.64. The molecule has 0 radical (unpaired) electrons. The number of aromatic nitrogens is 1. The highest BCUT2D eigenvalue weighted by atomic mass is 16.5. The van der Waals surface area contributed by atoms with Gasteiger partial charge in [0.05, 0.1) is 7.11 Å². The Labute approximate surface area is 87.0 Å². The first-order valence-electron chi connectivity index (χ1n) is 4.68. The fraction of sp³-hybridized carbons (Fsp3) is 0.600. The molecular weight excluding hydrogens is 198 g/mol. The molecule has 0 bridgehead atoms. The standard InChI is InChI=1S/C10H13NO4/c1-9(2)5-10(9,8(12)13)6-4-7(14-3)11-15-6/h4H,5H2,1-3H3,(H,12,13). The second kappa shape index (κ2) is 2.74. The molecule has 1 aliphatic carbocycles. The van der Waals surface area contributed by atoms with Crippen molar-refractivity contribution in [1.29, 1.82) is 0 Å². The van der Waals surface area contributed by atoms with Crippen LogP contribution < -0.4 is 4.74 Å². The van der Waals surface area contributed by atoms with Crippen molar-refractivity contribution in [2.45, 2.75) is 25.7 Å². The number of ether oxygens (including phenoxy) is 1. The van der Waals surface area contributed by atoms with Crippen molar-refractivity contribution in [2.24, 2.45) is 5.41 Å². The van der Waals surface area contributed by atoms with Crippen LogP contribution in [0, 0.1) is 5.41 Å². The molecule has 0 saturated heterocycles. The van der Waals surface area contributed by atoms with Gasteiger partial charge in [-0.2, -0.15) is 0 Å². The molecule has 15 heavy (non-hydrogen) atoms. The number of rotatable bonds is 3. The molecule has 0 amide bonds. The number of hydrogen-bond acceptors (Lipinski definition) is 4. The maximum atomic E-state index is 11.3. The Morgan fingerprint density at radius 3 is 2.60 bits per heavy atom. The van der Waals surface area contributed by atoms with Gasteiger partial charge in [0.2, 0.25) is 0 Å². The molecule has 5 heteroatoms. The third-order valence-electron chi connectivity index (χ3n) is 3.22. The van der Waals surface area contributed by atoms with Crippen LogP contribution in [0.25, 0.3) is 0 Å². The van der Waals surface area contributed by atoms with Crippen LogP contribution in [-0.4, -0.2) is 23.3 Å². The van der Waals surface area contributed by atoms with Crippen LogP contribution in [0.5, 0.6) is 5.88 Å². The number of methoxy groups -OCH3 is 1. The Bertz CT molecular complexity index is 409. The summed E-state index contributed by atoms with van der Waals surface area (Å²) >= 11 is 0. The second-order valence-corrected chi connectivity index (χ2v) is 4.50. The Morgan fingerprint density at radius 1 is 1.67 bits per heavy atom. The first-order chi connectivity index (χ1) is 6.94. The lowest BCUT2D eigenvalue weighted by molar-refractivity contribution is -0.141. The minimum atomic E-state index is -0.934. The lowest BCUT2D eigenvalue weighted by Crippen LogP contribution is -2.24. The maximum absolute atomic E-state index is 11.3. The van der Waals surface area contributed by atoms with E-state index in [1.165, 1.54) is 7.11 Å². The van der Waals surface area contributed by atoms with Crippen molar-refractivity contribution in [3.8, 4) is 5.88 Å². The third kappa shape index (κ3) is 1.15. The topological polar surface area (TPSA) is 72.6 Å². The van der Waals surface area contributed by atoms with Gasteiger partial charge >= 0.3 is 5.97 Å². The van der Waals surface area contributed by atoms with E-state index >= 15 is 0 Å². The van der Waals surface area contributed by atoms with Gasteiger partial charge in [-0.05, 0) is 17.0 Å². The second-order valence-electron chi connectivity index (χ2n) is 4.50. The molecule has 1 unspecified atom stereocenters. The summed E-state index contributed by atoms with van der Waals surface area (Å²) in [6.07, 6.45) is 0.563. The Morgan fingerprint density at radius 2 is 2.27 bits per heavy atom. The van der Waals surface area contributed by atoms with Crippen molar-refractivity contribution in [1.82, 2.24) is 5.16 Å². The zero-order valence-electron chi connectivity index (χ0n) is 8.90. The highest BCUT2D eigenvalue weighted by Gasteiger charge is 2.70. The lowest BCUT2D eigenvalue weighted by Gasteiger charge is -2.10. The van der Waals surface area contributed by atoms with Crippen molar-refractivity contribution in [2.75, 3.05) is 7.11 Å². The third-order valence-corrected chi connectivity index (χ3v) is 3.22. The Hall–Kier alpha value is -1.52. The summed E-state index contributed by atoms with van der Waals surface area (Å²) in [5, 5.41) is 12.9. The lowest BCUT2D eigenvalue weighted by atomic mass is 9.93. The summed E-state index contributed by atoms with van der Waals surface area (Å²) in [7, 11) is 1.47. The van der Waals surface area contributed by atoms with Gasteiger partial charge in [-0.15, -0.1) is 0 Å². The first kappa shape index (κ1) is 10.0. The van der Waals surface area contributed by atoms with Crippen LogP contribution in [0.3, 0.4) is 0 Å². The van der Waals surface area contributed by atoms with Crippen molar-refractivity contribution >= 4 is 5.97 Å². The molecule has 1 heterocycles. The summed E-state index contributed by atoms with van der Waals surface area (Å²) in [5.74, 6) is -0.184. The van der Waals surface area contributed by atoms with Gasteiger partial charge in [0.25, 0.3) is 5.88 Å². The van der Waals surface area contributed by atoms with Gasteiger partial charge in [0, 0.05) is 6.07 Å². The minimum absolute atomic E-state index is 0.288. The van der Waals surface area contributed by atoms with E-state index in [1.807, 2.05) is 13.8 Å². The van der Waals surface area contributed by atoms with Crippen LogP contribution in [0.15, 0.2) is 10.6 Å². The Balaban J connectivity index is 2.40. The number of carbonyl (C=O) groups is 1. The monoisotopic (exact) mass is 211 g/mol. The predicted octanol–water partition coefficient (Wildman–Crippen LogP) is 1.44. The van der Waals surface area contributed by atoms with Gasteiger partial charge < -0.3 is 14.4 Å². The molecule has 1 atom stereocenters. The van der Waals surface area contributed by atoms with E-state index in [-0.39, 0.29) is 5.41 Å². The summed E-state index contributed by atoms with van der Waals surface area (Å²) < 4.78 is 9.89. The van der Waals surface area contributed by atoms with E-state index in [2.05, 4.69) is 5.16 Å². The number of carboxylic acid groups (broad SMARTS) is 1. The first-order valence-corrected chi connectivity index (χ1v) is 4.68. The maximum Gasteiger partial charge on any atom is 0.318 e. The highest BCUT2D eigenvalue weighted by molar-refractivity contribution is 5.86. The number of hydrogen-bond donors (Lipinski definition) is 1. The molecule has 1 aliphatic rings. The smallest absolute Gasteiger partial charge is 0.318 e. The van der Waals surface area contributed by atoms with E-state index in [0.29, 0.717) is 18.1 Å². The van der Waals surface area contributed by atoms with Crippen LogP contribution in [0.4, 0.5) is 0 Å². The largest absolute Gasteiger partial charge is 0.480 e. The summed E-state index contributed by atoms with van der Waals surface area (Å²) in [4.78, 5) is 11.3. The Kier molecular flexibility index (Phi) is 1.83. The molecule has 1 aromatic heterocycles. The van der Waals surface area contributed by atoms with E-state index in [1.54, 1.807) is 6.07 Å². The van der Waals surface area contributed by atoms with Crippen LogP contribution in [0.2, 0.25) is 0 Å². The average Bonchev–Trinajstić information content (AvgIpc) is 2.60. The summed E-state index contributed by atoms with van der Waals surface area (Å²) in [5.41, 5.74) is -1.22. The number of aliphatic carboxylic acids is 1. The summed E-state index contributed by atoms with van der Waals surface area (Å²) in [6.45, 7) is 3.80. The van der Waals surface area contributed by atoms with E-state index < -0.39 is 11.4 Å². The zero-order chi connectivity index (χ0) is 11.3. The molecule has 1 aromatic rings. The normalized spacial score (nSPS) is 27.4. The van der Waals surface area contributed by atoms with Crippen molar-refractivity contribution in [3.05, 3.63) is 11.8 Å². The molecule has 0 aromatic carbocycles. The van der Waals surface area contributed by atoms with Gasteiger partial charge in [-0.25, -0.2) is 0 Å². The SMILES string of the molecule is COc1cc(C2(C(=O)O)CC2(C)C)on1. The molecule has 1 saturated carbocycles. The van der Waals surface area contributed by atoms with Crippen molar-refractivity contribution < 1.29 is 19.2 Å². The van der Waals surface area contributed by atoms with Gasteiger partial charge in [0.15, 0.2) is 5.76 Å².